The Morgan fingerprint density at radius 3 is 2.67 bits per heavy atom. The highest BCUT2D eigenvalue weighted by molar-refractivity contribution is 7.99. The van der Waals surface area contributed by atoms with Gasteiger partial charge in [-0.2, -0.15) is 0 Å². The summed E-state index contributed by atoms with van der Waals surface area (Å²) in [6, 6.07) is 15.9. The monoisotopic (exact) mass is 441 g/mol. The number of carbonyl (C=O) groups excluding carboxylic acids is 2. The van der Waals surface area contributed by atoms with Crippen molar-refractivity contribution in [1.82, 2.24) is 20.1 Å². The first-order chi connectivity index (χ1) is 14.6. The van der Waals surface area contributed by atoms with Crippen molar-refractivity contribution in [2.45, 2.75) is 18.2 Å². The molecule has 0 aliphatic carbocycles. The SMILES string of the molecule is C=CCn1c(CNC(=O)c2ccccc2)nnc1SCC(=O)Nc1cccc(Cl)c1. The zero-order valence-corrected chi connectivity index (χ0v) is 17.6. The predicted molar refractivity (Wildman–Crippen MR) is 119 cm³/mol. The lowest BCUT2D eigenvalue weighted by Gasteiger charge is -2.09. The molecule has 0 fully saturated rings. The Morgan fingerprint density at radius 2 is 1.93 bits per heavy atom. The highest BCUT2D eigenvalue weighted by Crippen LogP contribution is 2.19. The van der Waals surface area contributed by atoms with Crippen molar-refractivity contribution in [3.63, 3.8) is 0 Å². The first kappa shape index (κ1) is 21.6. The molecule has 0 saturated carbocycles. The summed E-state index contributed by atoms with van der Waals surface area (Å²) in [5, 5.41) is 15.1. The Labute approximate surface area is 183 Å². The number of anilines is 1. The van der Waals surface area contributed by atoms with Gasteiger partial charge in [0.15, 0.2) is 11.0 Å². The summed E-state index contributed by atoms with van der Waals surface area (Å²) >= 11 is 7.19. The number of hydrogen-bond acceptors (Lipinski definition) is 5. The van der Waals surface area contributed by atoms with Gasteiger partial charge < -0.3 is 15.2 Å². The number of nitrogens with zero attached hydrogens (tertiary/aromatic N) is 3. The molecule has 0 bridgehead atoms. The third kappa shape index (κ3) is 5.95. The maximum atomic E-state index is 12.3. The number of allylic oxidation sites excluding steroid dienone is 1. The Hall–Kier alpha value is -3.10. The van der Waals surface area contributed by atoms with Crippen LogP contribution in [0.2, 0.25) is 5.02 Å². The van der Waals surface area contributed by atoms with E-state index in [2.05, 4.69) is 27.4 Å². The van der Waals surface area contributed by atoms with Crippen LogP contribution in [-0.4, -0.2) is 32.3 Å². The topological polar surface area (TPSA) is 88.9 Å². The Kier molecular flexibility index (Phi) is 7.64. The van der Waals surface area contributed by atoms with Crippen molar-refractivity contribution in [3.8, 4) is 0 Å². The van der Waals surface area contributed by atoms with Crippen molar-refractivity contribution >= 4 is 40.9 Å². The van der Waals surface area contributed by atoms with Gasteiger partial charge in [-0.05, 0) is 30.3 Å². The van der Waals surface area contributed by atoms with Crippen LogP contribution in [0.4, 0.5) is 5.69 Å². The van der Waals surface area contributed by atoms with E-state index in [0.29, 0.717) is 33.8 Å². The molecule has 0 aliphatic heterocycles. The van der Waals surface area contributed by atoms with Crippen LogP contribution in [-0.2, 0) is 17.9 Å². The quantitative estimate of drug-likeness (QED) is 0.389. The lowest BCUT2D eigenvalue weighted by molar-refractivity contribution is -0.113. The molecule has 0 saturated heterocycles. The average molecular weight is 442 g/mol. The molecular formula is C21H20ClN5O2S. The van der Waals surface area contributed by atoms with Gasteiger partial charge in [-0.15, -0.1) is 16.8 Å². The first-order valence-corrected chi connectivity index (χ1v) is 10.5. The van der Waals surface area contributed by atoms with Crippen LogP contribution < -0.4 is 10.6 Å². The molecule has 0 unspecified atom stereocenters. The highest BCUT2D eigenvalue weighted by Gasteiger charge is 2.15. The molecule has 1 aromatic heterocycles. The lowest BCUT2D eigenvalue weighted by Crippen LogP contribution is -2.24. The molecule has 2 N–H and O–H groups in total. The molecule has 0 aliphatic rings. The summed E-state index contributed by atoms with van der Waals surface area (Å²) in [6.45, 7) is 4.43. The van der Waals surface area contributed by atoms with Crippen LogP contribution in [0.15, 0.2) is 72.4 Å². The van der Waals surface area contributed by atoms with E-state index >= 15 is 0 Å². The number of nitrogens with one attached hydrogen (secondary N) is 2. The van der Waals surface area contributed by atoms with E-state index < -0.39 is 0 Å². The molecule has 0 radical (unpaired) electrons. The largest absolute Gasteiger partial charge is 0.345 e. The molecule has 3 aromatic rings. The maximum Gasteiger partial charge on any atom is 0.251 e. The molecule has 7 nitrogen and oxygen atoms in total. The van der Waals surface area contributed by atoms with E-state index in [9.17, 15) is 9.59 Å². The summed E-state index contributed by atoms with van der Waals surface area (Å²) in [5.41, 5.74) is 1.20. The smallest absolute Gasteiger partial charge is 0.251 e. The van der Waals surface area contributed by atoms with Gasteiger partial charge in [0.25, 0.3) is 5.91 Å². The van der Waals surface area contributed by atoms with Crippen molar-refractivity contribution in [2.24, 2.45) is 0 Å². The van der Waals surface area contributed by atoms with Crippen LogP contribution in [0.25, 0.3) is 0 Å². The number of rotatable bonds is 9. The van der Waals surface area contributed by atoms with E-state index in [1.165, 1.54) is 11.8 Å². The fraction of sp³-hybridized carbons (Fsp3) is 0.143. The molecule has 0 atom stereocenters. The van der Waals surface area contributed by atoms with Crippen LogP contribution >= 0.6 is 23.4 Å². The maximum absolute atomic E-state index is 12.3. The zero-order chi connectivity index (χ0) is 21.3. The van der Waals surface area contributed by atoms with Crippen molar-refractivity contribution in [2.75, 3.05) is 11.1 Å². The van der Waals surface area contributed by atoms with Crippen LogP contribution in [0.5, 0.6) is 0 Å². The van der Waals surface area contributed by atoms with Gasteiger partial charge in [-0.1, -0.05) is 53.7 Å². The van der Waals surface area contributed by atoms with Crippen molar-refractivity contribution in [1.29, 1.82) is 0 Å². The third-order valence-electron chi connectivity index (χ3n) is 3.99. The van der Waals surface area contributed by atoms with E-state index in [-0.39, 0.29) is 24.1 Å². The minimum Gasteiger partial charge on any atom is -0.345 e. The van der Waals surface area contributed by atoms with E-state index in [4.69, 9.17) is 11.6 Å². The zero-order valence-electron chi connectivity index (χ0n) is 16.0. The minimum absolute atomic E-state index is 0.151. The molecule has 2 aromatic carbocycles. The Bertz CT molecular complexity index is 1040. The van der Waals surface area contributed by atoms with E-state index in [0.717, 1.165) is 0 Å². The van der Waals surface area contributed by atoms with Gasteiger partial charge in [-0.25, -0.2) is 0 Å². The summed E-state index contributed by atoms with van der Waals surface area (Å²) in [4.78, 5) is 24.5. The standard InChI is InChI=1S/C21H20ClN5O2S/c1-2-11-27-18(13-23-20(29)15-7-4-3-5-8-15)25-26-21(27)30-14-19(28)24-17-10-6-9-16(22)12-17/h2-10,12H,1,11,13-14H2,(H,23,29)(H,24,28). The third-order valence-corrected chi connectivity index (χ3v) is 5.19. The molecule has 2 amide bonds. The molecule has 9 heteroatoms. The summed E-state index contributed by atoms with van der Waals surface area (Å²) in [5.74, 6) is 0.350. The second-order valence-corrected chi connectivity index (χ2v) is 7.57. The van der Waals surface area contributed by atoms with Gasteiger partial charge in [0, 0.05) is 22.8 Å². The highest BCUT2D eigenvalue weighted by atomic mass is 35.5. The van der Waals surface area contributed by atoms with Gasteiger partial charge in [0.1, 0.15) is 0 Å². The molecule has 154 valence electrons. The summed E-state index contributed by atoms with van der Waals surface area (Å²) in [7, 11) is 0. The Balaban J connectivity index is 1.60. The first-order valence-electron chi connectivity index (χ1n) is 9.11. The molecule has 0 spiro atoms. The number of hydrogen-bond donors (Lipinski definition) is 2. The number of thioether (sulfide) groups is 1. The molecule has 30 heavy (non-hydrogen) atoms. The second kappa shape index (κ2) is 10.6. The summed E-state index contributed by atoms with van der Waals surface area (Å²) in [6.07, 6.45) is 1.71. The molecular weight excluding hydrogens is 422 g/mol. The normalized spacial score (nSPS) is 10.4. The van der Waals surface area contributed by atoms with Crippen LogP contribution in [0, 0.1) is 0 Å². The van der Waals surface area contributed by atoms with Crippen molar-refractivity contribution in [3.05, 3.63) is 83.7 Å². The van der Waals surface area contributed by atoms with Gasteiger partial charge in [0.2, 0.25) is 5.91 Å². The molecule has 3 rings (SSSR count). The fourth-order valence-corrected chi connectivity index (χ4v) is 3.57. The number of halogens is 1. The minimum atomic E-state index is -0.196. The van der Waals surface area contributed by atoms with Gasteiger partial charge in [-0.3, -0.25) is 9.59 Å². The second-order valence-electron chi connectivity index (χ2n) is 6.19. The number of amides is 2. The molecule has 1 heterocycles. The number of carbonyl (C=O) groups is 2. The van der Waals surface area contributed by atoms with E-state index in [1.807, 2.05) is 10.6 Å². The lowest BCUT2D eigenvalue weighted by atomic mass is 10.2. The van der Waals surface area contributed by atoms with E-state index in [1.54, 1.807) is 54.6 Å². The van der Waals surface area contributed by atoms with Crippen LogP contribution in [0.3, 0.4) is 0 Å². The Morgan fingerprint density at radius 1 is 1.13 bits per heavy atom. The number of aromatic nitrogens is 3. The predicted octanol–water partition coefficient (Wildman–Crippen LogP) is 3.78. The summed E-state index contributed by atoms with van der Waals surface area (Å²) < 4.78 is 1.82. The van der Waals surface area contributed by atoms with Gasteiger partial charge >= 0.3 is 0 Å². The number of benzene rings is 2. The van der Waals surface area contributed by atoms with Gasteiger partial charge in [0.05, 0.1) is 12.3 Å². The average Bonchev–Trinajstić information content (AvgIpc) is 3.13. The van der Waals surface area contributed by atoms with Crippen LogP contribution in [0.1, 0.15) is 16.2 Å². The fourth-order valence-electron chi connectivity index (χ4n) is 2.61. The van der Waals surface area contributed by atoms with Crippen molar-refractivity contribution < 1.29 is 9.59 Å².